The minimum atomic E-state index is -2.05. The summed E-state index contributed by atoms with van der Waals surface area (Å²) in [5.41, 5.74) is 7.03. The molecule has 0 aromatic heterocycles. The van der Waals surface area contributed by atoms with Crippen molar-refractivity contribution in [3.8, 4) is 0 Å². The molecule has 0 saturated carbocycles. The van der Waals surface area contributed by atoms with Crippen LogP contribution < -0.4 is 16.4 Å². The van der Waals surface area contributed by atoms with Gasteiger partial charge in [-0.25, -0.2) is 0 Å². The van der Waals surface area contributed by atoms with E-state index in [1.807, 2.05) is 0 Å². The molecule has 1 aromatic carbocycles. The molecule has 0 spiro atoms. The molecule has 8 heteroatoms. The van der Waals surface area contributed by atoms with Gasteiger partial charge in [-0.05, 0) is 24.6 Å². The van der Waals surface area contributed by atoms with Crippen LogP contribution in [-0.2, 0) is 9.59 Å². The summed E-state index contributed by atoms with van der Waals surface area (Å²) in [5.74, 6) is -0.981. The summed E-state index contributed by atoms with van der Waals surface area (Å²) in [7, 11) is 0. The molecule has 0 aliphatic carbocycles. The third kappa shape index (κ3) is 5.17. The van der Waals surface area contributed by atoms with Crippen LogP contribution in [0.5, 0.6) is 0 Å². The lowest BCUT2D eigenvalue weighted by Gasteiger charge is -2.14. The molecule has 4 N–H and O–H groups in total. The Morgan fingerprint density at radius 3 is 2.45 bits per heavy atom. The number of nitrogens with one attached hydrogen (secondary N) is 2. The first-order chi connectivity index (χ1) is 9.24. The van der Waals surface area contributed by atoms with Gasteiger partial charge in [0.05, 0.1) is 0 Å². The largest absolute Gasteiger partial charge is 0.330 e. The van der Waals surface area contributed by atoms with Crippen LogP contribution in [0.3, 0.4) is 0 Å². The fraction of sp³-hybridized carbons (Fsp3) is 0.333. The number of alkyl halides is 3. The summed E-state index contributed by atoms with van der Waals surface area (Å²) in [5, 5.41) is 5.14. The summed E-state index contributed by atoms with van der Waals surface area (Å²) in [6, 6.07) is 5.01. The van der Waals surface area contributed by atoms with Gasteiger partial charge >= 0.3 is 0 Å². The van der Waals surface area contributed by atoms with Gasteiger partial charge in [-0.3, -0.25) is 9.59 Å². The molecule has 0 atom stereocenters. The van der Waals surface area contributed by atoms with E-state index in [0.29, 0.717) is 11.4 Å². The van der Waals surface area contributed by atoms with Crippen LogP contribution in [0.1, 0.15) is 12.0 Å². The minimum Gasteiger partial charge on any atom is -0.330 e. The third-order valence-electron chi connectivity index (χ3n) is 2.40. The summed E-state index contributed by atoms with van der Waals surface area (Å²) in [6.45, 7) is 2.04. The summed E-state index contributed by atoms with van der Waals surface area (Å²) in [4.78, 5) is 23.1. The zero-order chi connectivity index (χ0) is 15.3. The topological polar surface area (TPSA) is 84.2 Å². The second-order valence-corrected chi connectivity index (χ2v) is 6.35. The Morgan fingerprint density at radius 1 is 1.25 bits per heavy atom. The average Bonchev–Trinajstić information content (AvgIpc) is 2.32. The molecular formula is C12H14Cl3N3O2. The standard InChI is InChI=1S/C12H14Cl3N3O2/c1-7-2-3-8(17-10(19)4-5-16)6-9(7)18-11(20)12(13,14)15/h2-3,6H,4-5,16H2,1H3,(H,17,19)(H,18,20). The Balaban J connectivity index is 2.87. The van der Waals surface area contributed by atoms with Gasteiger partial charge in [0, 0.05) is 24.3 Å². The fourth-order valence-electron chi connectivity index (χ4n) is 1.38. The Labute approximate surface area is 131 Å². The number of hydrogen-bond acceptors (Lipinski definition) is 3. The maximum absolute atomic E-state index is 11.6. The molecule has 0 fully saturated rings. The Hall–Kier alpha value is -1.01. The molecule has 0 unspecified atom stereocenters. The van der Waals surface area contributed by atoms with E-state index in [9.17, 15) is 9.59 Å². The highest BCUT2D eigenvalue weighted by Gasteiger charge is 2.30. The quantitative estimate of drug-likeness (QED) is 0.738. The predicted octanol–water partition coefficient (Wildman–Crippen LogP) is 2.59. The molecule has 110 valence electrons. The van der Waals surface area contributed by atoms with Crippen molar-refractivity contribution in [2.45, 2.75) is 17.1 Å². The molecule has 0 aliphatic rings. The second-order valence-electron chi connectivity index (χ2n) is 4.07. The Bertz CT molecular complexity index is 515. The van der Waals surface area contributed by atoms with Crippen LogP contribution in [0.25, 0.3) is 0 Å². The van der Waals surface area contributed by atoms with Crippen molar-refractivity contribution in [1.82, 2.24) is 0 Å². The highest BCUT2D eigenvalue weighted by molar-refractivity contribution is 6.76. The van der Waals surface area contributed by atoms with Crippen molar-refractivity contribution in [2.75, 3.05) is 17.2 Å². The monoisotopic (exact) mass is 337 g/mol. The zero-order valence-corrected chi connectivity index (χ0v) is 12.9. The van der Waals surface area contributed by atoms with E-state index in [-0.39, 0.29) is 18.9 Å². The lowest BCUT2D eigenvalue weighted by Crippen LogP contribution is -2.27. The van der Waals surface area contributed by atoms with Crippen LogP contribution in [0.15, 0.2) is 18.2 Å². The van der Waals surface area contributed by atoms with Crippen molar-refractivity contribution < 1.29 is 9.59 Å². The fourth-order valence-corrected chi connectivity index (χ4v) is 1.52. The van der Waals surface area contributed by atoms with E-state index in [2.05, 4.69) is 10.6 Å². The van der Waals surface area contributed by atoms with E-state index in [0.717, 1.165) is 5.56 Å². The SMILES string of the molecule is Cc1ccc(NC(=O)CCN)cc1NC(=O)C(Cl)(Cl)Cl. The van der Waals surface area contributed by atoms with Gasteiger partial charge in [0.1, 0.15) is 0 Å². The molecule has 0 radical (unpaired) electrons. The zero-order valence-electron chi connectivity index (χ0n) is 10.7. The highest BCUT2D eigenvalue weighted by Crippen LogP contribution is 2.29. The van der Waals surface area contributed by atoms with Gasteiger partial charge in [-0.15, -0.1) is 0 Å². The Kier molecular flexibility index (Phi) is 6.07. The van der Waals surface area contributed by atoms with E-state index >= 15 is 0 Å². The number of benzene rings is 1. The van der Waals surface area contributed by atoms with Gasteiger partial charge < -0.3 is 16.4 Å². The normalized spacial score (nSPS) is 11.1. The molecule has 0 saturated heterocycles. The number of anilines is 2. The maximum Gasteiger partial charge on any atom is 0.276 e. The first-order valence-corrected chi connectivity index (χ1v) is 6.86. The molecule has 0 heterocycles. The van der Waals surface area contributed by atoms with E-state index in [1.165, 1.54) is 0 Å². The lowest BCUT2D eigenvalue weighted by molar-refractivity contribution is -0.116. The third-order valence-corrected chi connectivity index (χ3v) is 2.91. The van der Waals surface area contributed by atoms with Crippen molar-refractivity contribution in [3.63, 3.8) is 0 Å². The molecule has 2 amide bonds. The number of hydrogen-bond donors (Lipinski definition) is 3. The predicted molar refractivity (Wildman–Crippen MR) is 82.4 cm³/mol. The molecule has 0 aliphatic heterocycles. The first-order valence-electron chi connectivity index (χ1n) is 5.73. The molecule has 1 rings (SSSR count). The summed E-state index contributed by atoms with van der Waals surface area (Å²) >= 11 is 16.5. The number of halogens is 3. The maximum atomic E-state index is 11.6. The smallest absolute Gasteiger partial charge is 0.276 e. The van der Waals surface area contributed by atoms with Crippen LogP contribution in [0.4, 0.5) is 11.4 Å². The molecule has 0 bridgehead atoms. The molecule has 1 aromatic rings. The number of carbonyl (C=O) groups excluding carboxylic acids is 2. The van der Waals surface area contributed by atoms with E-state index in [4.69, 9.17) is 40.5 Å². The molecule has 5 nitrogen and oxygen atoms in total. The van der Waals surface area contributed by atoms with Gasteiger partial charge in [-0.1, -0.05) is 40.9 Å². The highest BCUT2D eigenvalue weighted by atomic mass is 35.6. The minimum absolute atomic E-state index is 0.212. The van der Waals surface area contributed by atoms with Crippen molar-refractivity contribution in [2.24, 2.45) is 5.73 Å². The van der Waals surface area contributed by atoms with Crippen LogP contribution >= 0.6 is 34.8 Å². The van der Waals surface area contributed by atoms with Gasteiger partial charge in [0.25, 0.3) is 9.70 Å². The number of aryl methyl sites for hydroxylation is 1. The van der Waals surface area contributed by atoms with Gasteiger partial charge in [-0.2, -0.15) is 0 Å². The van der Waals surface area contributed by atoms with Crippen molar-refractivity contribution >= 4 is 58.0 Å². The van der Waals surface area contributed by atoms with E-state index < -0.39 is 9.70 Å². The van der Waals surface area contributed by atoms with Crippen LogP contribution in [-0.4, -0.2) is 22.2 Å². The van der Waals surface area contributed by atoms with Gasteiger partial charge in [0.2, 0.25) is 5.91 Å². The van der Waals surface area contributed by atoms with Crippen molar-refractivity contribution in [1.29, 1.82) is 0 Å². The lowest BCUT2D eigenvalue weighted by atomic mass is 10.1. The summed E-state index contributed by atoms with van der Waals surface area (Å²) in [6.07, 6.45) is 0.212. The second kappa shape index (κ2) is 7.13. The number of nitrogens with two attached hydrogens (primary N) is 1. The van der Waals surface area contributed by atoms with Gasteiger partial charge in [0.15, 0.2) is 0 Å². The number of carbonyl (C=O) groups is 2. The molecule has 20 heavy (non-hydrogen) atoms. The number of amides is 2. The molecular weight excluding hydrogens is 325 g/mol. The first kappa shape index (κ1) is 17.0. The van der Waals surface area contributed by atoms with Crippen LogP contribution in [0, 0.1) is 6.92 Å². The Morgan fingerprint density at radius 2 is 1.90 bits per heavy atom. The average molecular weight is 339 g/mol. The van der Waals surface area contributed by atoms with Crippen molar-refractivity contribution in [3.05, 3.63) is 23.8 Å². The number of rotatable bonds is 4. The van der Waals surface area contributed by atoms with Crippen LogP contribution in [0.2, 0.25) is 0 Å². The summed E-state index contributed by atoms with van der Waals surface area (Å²) < 4.78 is -2.05. The van der Waals surface area contributed by atoms with E-state index in [1.54, 1.807) is 25.1 Å².